The summed E-state index contributed by atoms with van der Waals surface area (Å²) in [7, 11) is -3.33. The maximum atomic E-state index is 12.9. The minimum Gasteiger partial charge on any atom is -0.494 e. The van der Waals surface area contributed by atoms with Crippen molar-refractivity contribution in [1.29, 1.82) is 0 Å². The van der Waals surface area contributed by atoms with Crippen molar-refractivity contribution >= 4 is 50.3 Å². The topological polar surface area (TPSA) is 181 Å². The molecule has 16 heteroatoms. The van der Waals surface area contributed by atoms with E-state index in [1.807, 2.05) is 63.8 Å². The van der Waals surface area contributed by atoms with Gasteiger partial charge in [0.2, 0.25) is 21.8 Å². The number of ether oxygens (including phenoxy) is 2. The van der Waals surface area contributed by atoms with E-state index >= 15 is 0 Å². The van der Waals surface area contributed by atoms with Gasteiger partial charge < -0.3 is 25.0 Å². The van der Waals surface area contributed by atoms with Crippen molar-refractivity contribution in [3.63, 3.8) is 0 Å². The Kier molecular flexibility index (Phi) is 13.7. The summed E-state index contributed by atoms with van der Waals surface area (Å²) in [5, 5.41) is 15.2. The number of anilines is 2. The Morgan fingerprint density at radius 2 is 1.75 bits per heavy atom. The van der Waals surface area contributed by atoms with E-state index in [0.29, 0.717) is 59.9 Å². The molecule has 4 rings (SSSR count). The standard InChI is InChI=1S/C37H53N9O6S/c1-10-12-21-51-28-14-16-29(17-15-28)52-25(4)36(48)38-23-24(3)34-42-35-32(33(37(6,7)8)43-46(35)44-34)41-30-18-13-27(22-31(30)40-26(5)47)45(11-2)20-19-39-53(9,49)50/h13-18,22,24-25,39H,10-12,19-21,23H2,1-9H3,(H,38,48)(H,40,47)/b41-32-. The molecule has 288 valence electrons. The molecule has 2 amide bonds. The zero-order valence-electron chi connectivity index (χ0n) is 32.2. The normalized spacial score (nSPS) is 14.7. The highest BCUT2D eigenvalue weighted by molar-refractivity contribution is 7.88. The van der Waals surface area contributed by atoms with Gasteiger partial charge in [-0.2, -0.15) is 5.10 Å². The fourth-order valence-corrected chi connectivity index (χ4v) is 5.82. The average molecular weight is 752 g/mol. The zero-order valence-corrected chi connectivity index (χ0v) is 33.0. The van der Waals surface area contributed by atoms with E-state index < -0.39 is 21.5 Å². The fourth-order valence-electron chi connectivity index (χ4n) is 5.36. The summed E-state index contributed by atoms with van der Waals surface area (Å²) in [6, 6.07) is 12.7. The first-order valence-corrected chi connectivity index (χ1v) is 19.8. The van der Waals surface area contributed by atoms with Crippen molar-refractivity contribution in [3.8, 4) is 11.5 Å². The third-order valence-corrected chi connectivity index (χ3v) is 8.99. The van der Waals surface area contributed by atoms with Crippen molar-refractivity contribution < 1.29 is 27.5 Å². The van der Waals surface area contributed by atoms with Gasteiger partial charge in [0, 0.05) is 50.1 Å². The van der Waals surface area contributed by atoms with Gasteiger partial charge in [0.1, 0.15) is 17.2 Å². The number of hydrogen-bond donors (Lipinski definition) is 3. The number of nitrogens with one attached hydrogen (secondary N) is 3. The fraction of sp³-hybridized carbons (Fsp3) is 0.514. The minimum absolute atomic E-state index is 0.231. The average Bonchev–Trinajstić information content (AvgIpc) is 3.66. The lowest BCUT2D eigenvalue weighted by atomic mass is 9.87. The predicted molar refractivity (Wildman–Crippen MR) is 208 cm³/mol. The van der Waals surface area contributed by atoms with Gasteiger partial charge in [-0.15, -0.1) is 9.89 Å². The SMILES string of the molecule is CCCCOc1ccc(OC(C)C(=O)NCC(C)c2nc3n(n2)N=C(C(C)(C)C)/C3=N/c2ccc(N(CC)CCNS(C)(=O)=O)cc2NC(C)=O)cc1. The Hall–Kier alpha value is -4.83. The molecule has 2 aromatic carbocycles. The molecule has 0 fully saturated rings. The van der Waals surface area contributed by atoms with E-state index in [4.69, 9.17) is 24.6 Å². The smallest absolute Gasteiger partial charge is 0.260 e. The molecule has 0 saturated carbocycles. The molecular weight excluding hydrogens is 699 g/mol. The second-order valence-electron chi connectivity index (χ2n) is 14.1. The second kappa shape index (κ2) is 17.8. The van der Waals surface area contributed by atoms with Crippen molar-refractivity contribution in [2.75, 3.05) is 49.3 Å². The van der Waals surface area contributed by atoms with E-state index in [1.165, 1.54) is 11.7 Å². The molecule has 53 heavy (non-hydrogen) atoms. The van der Waals surface area contributed by atoms with E-state index in [1.54, 1.807) is 25.1 Å². The van der Waals surface area contributed by atoms with E-state index in [0.717, 1.165) is 30.5 Å². The van der Waals surface area contributed by atoms with Crippen LogP contribution in [0.1, 0.15) is 85.8 Å². The van der Waals surface area contributed by atoms with Gasteiger partial charge in [0.05, 0.1) is 29.9 Å². The Morgan fingerprint density at radius 3 is 2.38 bits per heavy atom. The molecule has 1 aromatic heterocycles. The summed E-state index contributed by atoms with van der Waals surface area (Å²) >= 11 is 0. The van der Waals surface area contributed by atoms with Crippen LogP contribution in [0.15, 0.2) is 52.6 Å². The monoisotopic (exact) mass is 751 g/mol. The molecule has 1 aliphatic heterocycles. The molecule has 0 bridgehead atoms. The molecule has 0 saturated heterocycles. The Labute approximate surface area is 312 Å². The summed E-state index contributed by atoms with van der Waals surface area (Å²) in [5.41, 5.74) is 2.53. The van der Waals surface area contributed by atoms with Gasteiger partial charge in [-0.25, -0.2) is 23.1 Å². The largest absolute Gasteiger partial charge is 0.494 e. The van der Waals surface area contributed by atoms with Crippen molar-refractivity contribution in [3.05, 3.63) is 54.1 Å². The lowest BCUT2D eigenvalue weighted by Gasteiger charge is -2.24. The highest BCUT2D eigenvalue weighted by Crippen LogP contribution is 2.34. The van der Waals surface area contributed by atoms with Gasteiger partial charge >= 0.3 is 0 Å². The van der Waals surface area contributed by atoms with Crippen molar-refractivity contribution in [1.82, 2.24) is 24.9 Å². The summed E-state index contributed by atoms with van der Waals surface area (Å²) in [6.45, 7) is 17.4. The number of amides is 2. The molecule has 0 spiro atoms. The molecule has 1 aliphatic rings. The van der Waals surface area contributed by atoms with Crippen LogP contribution in [0.5, 0.6) is 11.5 Å². The lowest BCUT2D eigenvalue weighted by Crippen LogP contribution is -2.38. The Balaban J connectivity index is 1.51. The quantitative estimate of drug-likeness (QED) is 0.153. The van der Waals surface area contributed by atoms with Crippen molar-refractivity contribution in [2.45, 2.75) is 80.3 Å². The van der Waals surface area contributed by atoms with Crippen LogP contribution in [0.3, 0.4) is 0 Å². The molecule has 15 nitrogen and oxygen atoms in total. The third-order valence-electron chi connectivity index (χ3n) is 8.26. The highest BCUT2D eigenvalue weighted by atomic mass is 32.2. The predicted octanol–water partition coefficient (Wildman–Crippen LogP) is 4.86. The molecule has 0 aliphatic carbocycles. The second-order valence-corrected chi connectivity index (χ2v) is 15.9. The summed E-state index contributed by atoms with van der Waals surface area (Å²) in [5.74, 6) is 1.45. The van der Waals surface area contributed by atoms with Crippen LogP contribution >= 0.6 is 0 Å². The van der Waals surface area contributed by atoms with Gasteiger partial charge in [0.25, 0.3) is 5.91 Å². The first kappa shape index (κ1) is 40.9. The van der Waals surface area contributed by atoms with Crippen LogP contribution in [-0.4, -0.2) is 91.7 Å². The maximum Gasteiger partial charge on any atom is 0.260 e. The minimum atomic E-state index is -3.33. The molecule has 2 heterocycles. The lowest BCUT2D eigenvalue weighted by molar-refractivity contribution is -0.127. The van der Waals surface area contributed by atoms with Crippen molar-refractivity contribution in [2.24, 2.45) is 15.5 Å². The number of rotatable bonds is 18. The number of unbranched alkanes of at least 4 members (excludes halogenated alkanes) is 1. The number of aliphatic imine (C=N–C) groups is 1. The number of nitrogens with zero attached hydrogens (tertiary/aromatic N) is 6. The summed E-state index contributed by atoms with van der Waals surface area (Å²) in [4.78, 5) is 38.5. The molecular formula is C37H53N9O6S. The maximum absolute atomic E-state index is 12.9. The number of sulfonamides is 1. The zero-order chi connectivity index (χ0) is 38.9. The van der Waals surface area contributed by atoms with Crippen LogP contribution in [-0.2, 0) is 19.6 Å². The van der Waals surface area contributed by atoms with Gasteiger partial charge in [-0.05, 0) is 62.7 Å². The number of aromatic nitrogens is 3. The van der Waals surface area contributed by atoms with Crippen LogP contribution in [0.25, 0.3) is 0 Å². The van der Waals surface area contributed by atoms with Gasteiger partial charge in [-0.1, -0.05) is 41.0 Å². The number of fused-ring (bicyclic) bond motifs is 1. The van der Waals surface area contributed by atoms with Crippen LogP contribution in [0.2, 0.25) is 0 Å². The number of hydrogen-bond acceptors (Lipinski definition) is 11. The number of carbonyl (C=O) groups excluding carboxylic acids is 2. The number of benzene rings is 2. The Morgan fingerprint density at radius 1 is 1.06 bits per heavy atom. The number of carbonyl (C=O) groups is 2. The number of likely N-dealkylation sites (N-methyl/N-ethyl adjacent to an activating group) is 1. The van der Waals surface area contributed by atoms with Crippen LogP contribution in [0.4, 0.5) is 17.1 Å². The molecule has 2 unspecified atom stereocenters. The van der Waals surface area contributed by atoms with Gasteiger partial charge in [0.15, 0.2) is 11.9 Å². The molecule has 3 N–H and O–H groups in total. The molecule has 2 atom stereocenters. The molecule has 3 aromatic rings. The summed E-state index contributed by atoms with van der Waals surface area (Å²) in [6.07, 6.45) is 2.43. The van der Waals surface area contributed by atoms with E-state index in [9.17, 15) is 18.0 Å². The van der Waals surface area contributed by atoms with Crippen LogP contribution < -0.4 is 29.7 Å². The first-order valence-electron chi connectivity index (χ1n) is 17.9. The van der Waals surface area contributed by atoms with E-state index in [-0.39, 0.29) is 30.8 Å². The first-order chi connectivity index (χ1) is 25.0. The highest BCUT2D eigenvalue weighted by Gasteiger charge is 2.35. The summed E-state index contributed by atoms with van der Waals surface area (Å²) < 4.78 is 37.2. The van der Waals surface area contributed by atoms with E-state index in [2.05, 4.69) is 27.4 Å². The Bertz CT molecular complexity index is 1920. The third kappa shape index (κ3) is 11.6. The van der Waals surface area contributed by atoms with Gasteiger partial charge in [-0.3, -0.25) is 9.59 Å². The molecule has 0 radical (unpaired) electrons. The van der Waals surface area contributed by atoms with Crippen LogP contribution in [0, 0.1) is 5.41 Å².